The largest absolute Gasteiger partial charge is 0.504 e. The maximum Gasteiger partial charge on any atom is 0.294 e. The molecule has 0 radical (unpaired) electrons. The number of hydrogen-bond acceptors (Lipinski definition) is 6. The minimum absolute atomic E-state index is 0.197. The van der Waals surface area contributed by atoms with Gasteiger partial charge in [0.2, 0.25) is 0 Å². The van der Waals surface area contributed by atoms with Crippen molar-refractivity contribution in [3.8, 4) is 17.2 Å². The highest BCUT2D eigenvalue weighted by Gasteiger charge is 2.29. The second-order valence-corrected chi connectivity index (χ2v) is 8.04. The maximum atomic E-state index is 12.6. The molecule has 0 spiro atoms. The van der Waals surface area contributed by atoms with Crippen LogP contribution in [-0.2, 0) is 11.2 Å². The van der Waals surface area contributed by atoms with E-state index in [-0.39, 0.29) is 22.9 Å². The van der Waals surface area contributed by atoms with Crippen molar-refractivity contribution in [2.24, 2.45) is 0 Å². The van der Waals surface area contributed by atoms with Gasteiger partial charge in [-0.15, -0.1) is 0 Å². The van der Waals surface area contributed by atoms with Crippen molar-refractivity contribution >= 4 is 23.4 Å². The van der Waals surface area contributed by atoms with Crippen LogP contribution in [0.3, 0.4) is 0 Å². The van der Waals surface area contributed by atoms with Crippen molar-refractivity contribution in [1.82, 2.24) is 20.6 Å². The lowest BCUT2D eigenvalue weighted by atomic mass is 10.1. The minimum atomic E-state index is -0.794. The number of carbonyl (C=O) groups excluding carboxylic acids is 3. The van der Waals surface area contributed by atoms with Gasteiger partial charge in [-0.3, -0.25) is 25.2 Å². The number of nitrogens with zero attached hydrogens (tertiary/aromatic N) is 2. The van der Waals surface area contributed by atoms with Gasteiger partial charge < -0.3 is 15.2 Å². The summed E-state index contributed by atoms with van der Waals surface area (Å²) in [6.45, 7) is 0. The fraction of sp³-hybridized carbons (Fsp3) is 0.0769. The first-order valence-electron chi connectivity index (χ1n) is 11.1. The predicted octanol–water partition coefficient (Wildman–Crippen LogP) is 2.59. The Morgan fingerprint density at radius 3 is 2.47 bits per heavy atom. The van der Waals surface area contributed by atoms with E-state index < -0.39 is 17.9 Å². The smallest absolute Gasteiger partial charge is 0.294 e. The van der Waals surface area contributed by atoms with E-state index in [0.717, 1.165) is 5.56 Å². The molecule has 5 rings (SSSR count). The molecule has 1 aromatic heterocycles. The number of anilines is 1. The van der Waals surface area contributed by atoms with Crippen molar-refractivity contribution < 1.29 is 24.2 Å². The van der Waals surface area contributed by atoms with Gasteiger partial charge in [-0.25, -0.2) is 4.68 Å². The minimum Gasteiger partial charge on any atom is -0.504 e. The summed E-state index contributed by atoms with van der Waals surface area (Å²) < 4.78 is 7.05. The van der Waals surface area contributed by atoms with Crippen LogP contribution in [0.5, 0.6) is 11.5 Å². The van der Waals surface area contributed by atoms with E-state index in [0.29, 0.717) is 23.5 Å². The number of para-hydroxylation sites is 2. The van der Waals surface area contributed by atoms with Gasteiger partial charge in [-0.1, -0.05) is 42.5 Å². The lowest BCUT2D eigenvalue weighted by Crippen LogP contribution is -2.41. The summed E-state index contributed by atoms with van der Waals surface area (Å²) in [7, 11) is 0. The molecule has 0 fully saturated rings. The number of nitrogens with one attached hydrogen (secondary N) is 3. The predicted molar refractivity (Wildman–Crippen MR) is 130 cm³/mol. The molecule has 4 aromatic rings. The first-order valence-corrected chi connectivity index (χ1v) is 11.1. The van der Waals surface area contributed by atoms with E-state index in [1.165, 1.54) is 23.0 Å². The second-order valence-electron chi connectivity index (χ2n) is 8.04. The van der Waals surface area contributed by atoms with Gasteiger partial charge in [0.25, 0.3) is 17.7 Å². The van der Waals surface area contributed by atoms with Crippen LogP contribution in [0.15, 0.2) is 85.1 Å². The topological polar surface area (TPSA) is 135 Å². The standard InChI is InChI=1S/C26H21N5O5/c32-20-15-31(19-10-2-1-3-11-19)30-23(20)26(35)29-28-24(33)17-8-6-9-18(13-17)27-25(34)22-14-16-7-4-5-12-21(16)36-22/h1-13,15,22,32H,14H2,(H,27,34)(H,28,33)(H,29,35). The highest BCUT2D eigenvalue weighted by atomic mass is 16.5. The SMILES string of the molecule is O=C(NNC(=O)c1nn(-c2ccccc2)cc1O)c1cccc(NC(=O)C2Cc3ccccc3O2)c1. The van der Waals surface area contributed by atoms with E-state index in [1.807, 2.05) is 30.3 Å². The maximum absolute atomic E-state index is 12.6. The molecule has 2 heterocycles. The lowest BCUT2D eigenvalue weighted by molar-refractivity contribution is -0.122. The molecule has 180 valence electrons. The molecule has 1 unspecified atom stereocenters. The molecular formula is C26H21N5O5. The van der Waals surface area contributed by atoms with Gasteiger partial charge >= 0.3 is 0 Å². The molecule has 10 nitrogen and oxygen atoms in total. The quantitative estimate of drug-likeness (QED) is 0.323. The zero-order valence-corrected chi connectivity index (χ0v) is 18.8. The van der Waals surface area contributed by atoms with E-state index in [2.05, 4.69) is 21.3 Å². The Morgan fingerprint density at radius 1 is 0.917 bits per heavy atom. The molecule has 1 atom stereocenters. The number of amides is 3. The van der Waals surface area contributed by atoms with Crippen LogP contribution >= 0.6 is 0 Å². The molecule has 0 saturated carbocycles. The third kappa shape index (κ3) is 4.73. The Kier molecular flexibility index (Phi) is 6.06. The van der Waals surface area contributed by atoms with Crippen LogP contribution in [0.2, 0.25) is 0 Å². The number of benzene rings is 3. The van der Waals surface area contributed by atoms with Gasteiger partial charge in [0.1, 0.15) is 5.75 Å². The molecule has 1 aliphatic heterocycles. The summed E-state index contributed by atoms with van der Waals surface area (Å²) >= 11 is 0. The van der Waals surface area contributed by atoms with Gasteiger partial charge in [0.05, 0.1) is 11.9 Å². The number of fused-ring (bicyclic) bond motifs is 1. The lowest BCUT2D eigenvalue weighted by Gasteiger charge is -2.12. The van der Waals surface area contributed by atoms with Crippen LogP contribution in [0, 0.1) is 0 Å². The first-order chi connectivity index (χ1) is 17.5. The Balaban J connectivity index is 1.19. The Morgan fingerprint density at radius 2 is 1.67 bits per heavy atom. The fourth-order valence-electron chi connectivity index (χ4n) is 3.77. The van der Waals surface area contributed by atoms with E-state index in [1.54, 1.807) is 36.4 Å². The highest BCUT2D eigenvalue weighted by Crippen LogP contribution is 2.28. The Hall–Kier alpha value is -5.12. The third-order valence-electron chi connectivity index (χ3n) is 5.55. The average Bonchev–Trinajstić information content (AvgIpc) is 3.51. The molecule has 0 aliphatic carbocycles. The van der Waals surface area contributed by atoms with E-state index >= 15 is 0 Å². The van der Waals surface area contributed by atoms with Crippen molar-refractivity contribution in [1.29, 1.82) is 0 Å². The number of hydrazine groups is 1. The van der Waals surface area contributed by atoms with Crippen molar-refractivity contribution in [3.05, 3.63) is 102 Å². The Labute approximate surface area is 205 Å². The number of aromatic nitrogens is 2. The van der Waals surface area contributed by atoms with E-state index in [4.69, 9.17) is 4.74 Å². The van der Waals surface area contributed by atoms with Crippen molar-refractivity contribution in [2.75, 3.05) is 5.32 Å². The summed E-state index contributed by atoms with van der Waals surface area (Å²) in [5.74, 6) is -1.40. The average molecular weight is 483 g/mol. The number of aromatic hydroxyl groups is 1. The number of carbonyl (C=O) groups is 3. The molecule has 3 amide bonds. The zero-order chi connectivity index (χ0) is 25.1. The zero-order valence-electron chi connectivity index (χ0n) is 18.8. The summed E-state index contributed by atoms with van der Waals surface area (Å²) in [6, 6.07) is 22.7. The van der Waals surface area contributed by atoms with Crippen LogP contribution in [0.25, 0.3) is 5.69 Å². The van der Waals surface area contributed by atoms with E-state index in [9.17, 15) is 19.5 Å². The summed E-state index contributed by atoms with van der Waals surface area (Å²) in [5.41, 5.74) is 6.48. The van der Waals surface area contributed by atoms with Crippen LogP contribution in [-0.4, -0.2) is 38.7 Å². The Bertz CT molecular complexity index is 1430. The van der Waals surface area contributed by atoms with Gasteiger partial charge in [0.15, 0.2) is 17.5 Å². The van der Waals surface area contributed by atoms with Gasteiger partial charge in [-0.2, -0.15) is 5.10 Å². The van der Waals surface area contributed by atoms with Crippen LogP contribution in [0.1, 0.15) is 26.4 Å². The first kappa shape index (κ1) is 22.7. The monoisotopic (exact) mass is 483 g/mol. The number of rotatable bonds is 5. The second kappa shape index (κ2) is 9.63. The summed E-state index contributed by atoms with van der Waals surface area (Å²) in [6.07, 6.45) is 1.09. The van der Waals surface area contributed by atoms with Crippen molar-refractivity contribution in [3.63, 3.8) is 0 Å². The summed E-state index contributed by atoms with van der Waals surface area (Å²) in [5, 5.41) is 16.9. The fourth-order valence-corrected chi connectivity index (χ4v) is 3.77. The number of ether oxygens (including phenoxy) is 1. The van der Waals surface area contributed by atoms with Crippen molar-refractivity contribution in [2.45, 2.75) is 12.5 Å². The molecule has 36 heavy (non-hydrogen) atoms. The van der Waals surface area contributed by atoms with Gasteiger partial charge in [0, 0.05) is 17.7 Å². The molecule has 1 aliphatic rings. The number of hydrogen-bond donors (Lipinski definition) is 4. The third-order valence-corrected chi connectivity index (χ3v) is 5.55. The normalized spacial score (nSPS) is 13.8. The highest BCUT2D eigenvalue weighted by molar-refractivity contribution is 6.01. The molecule has 4 N–H and O–H groups in total. The van der Waals surface area contributed by atoms with Gasteiger partial charge in [-0.05, 0) is 42.0 Å². The van der Waals surface area contributed by atoms with Crippen LogP contribution < -0.4 is 20.9 Å². The molecule has 0 bridgehead atoms. The summed E-state index contributed by atoms with van der Waals surface area (Å²) in [4.78, 5) is 37.7. The van der Waals surface area contributed by atoms with Crippen LogP contribution in [0.4, 0.5) is 5.69 Å². The molecule has 3 aromatic carbocycles. The molecule has 10 heteroatoms. The molecule has 0 saturated heterocycles. The molecular weight excluding hydrogens is 462 g/mol.